The summed E-state index contributed by atoms with van der Waals surface area (Å²) >= 11 is 1.82. The number of hydrogen-bond donors (Lipinski definition) is 3. The normalized spacial score (nSPS) is 12.3. The average molecular weight is 479 g/mol. The highest BCUT2D eigenvalue weighted by molar-refractivity contribution is 7.99. The molecule has 0 aliphatic carbocycles. The van der Waals surface area contributed by atoms with E-state index in [4.69, 9.17) is 10.2 Å². The molecule has 0 unspecified atom stereocenters. The fourth-order valence-electron chi connectivity index (χ4n) is 3.52. The molecule has 0 amide bonds. The lowest BCUT2D eigenvalue weighted by Crippen LogP contribution is -2.25. The Morgan fingerprint density at radius 3 is 2.29 bits per heavy atom. The van der Waals surface area contributed by atoms with Crippen LogP contribution in [0.1, 0.15) is 58.9 Å². The Morgan fingerprint density at radius 1 is 0.941 bits per heavy atom. The van der Waals surface area contributed by atoms with E-state index in [1.165, 1.54) is 27.8 Å². The number of benzene rings is 2. The average Bonchev–Trinajstić information content (AvgIpc) is 2.79. The minimum atomic E-state index is -1.32. The van der Waals surface area contributed by atoms with Gasteiger partial charge in [0.2, 0.25) is 0 Å². The molecule has 0 saturated heterocycles. The van der Waals surface area contributed by atoms with E-state index in [2.05, 4.69) is 87.6 Å². The van der Waals surface area contributed by atoms with Crippen molar-refractivity contribution in [1.82, 2.24) is 5.32 Å². The van der Waals surface area contributed by atoms with Crippen LogP contribution in [0.25, 0.3) is 11.1 Å². The van der Waals surface area contributed by atoms with E-state index in [0.29, 0.717) is 6.54 Å². The summed E-state index contributed by atoms with van der Waals surface area (Å²) in [4.78, 5) is 1.16. The summed E-state index contributed by atoms with van der Waals surface area (Å²) in [5.41, 5.74) is 7.78. The van der Waals surface area contributed by atoms with Crippen molar-refractivity contribution in [3.63, 3.8) is 0 Å². The molecule has 0 saturated carbocycles. The third-order valence-electron chi connectivity index (χ3n) is 5.52. The number of thioether (sulfide) groups is 1. The molecule has 3 N–H and O–H groups in total. The number of aliphatic hydroxyl groups excluding tert-OH is 1. The third-order valence-corrected chi connectivity index (χ3v) is 6.48. The lowest BCUT2D eigenvalue weighted by Gasteiger charge is -2.10. The Bertz CT molecular complexity index is 954. The Balaban J connectivity index is 1.86. The molecule has 0 aliphatic rings. The van der Waals surface area contributed by atoms with Gasteiger partial charge in [0.1, 0.15) is 0 Å². The van der Waals surface area contributed by atoms with Gasteiger partial charge >= 0.3 is 0 Å². The summed E-state index contributed by atoms with van der Waals surface area (Å²) in [6.07, 6.45) is 10.2. The molecule has 0 spiro atoms. The van der Waals surface area contributed by atoms with Crippen molar-refractivity contribution in [2.45, 2.75) is 71.1 Å². The van der Waals surface area contributed by atoms with Crippen molar-refractivity contribution in [2.24, 2.45) is 0 Å². The topological polar surface area (TPSA) is 52.5 Å². The monoisotopic (exact) mass is 478 g/mol. The summed E-state index contributed by atoms with van der Waals surface area (Å²) in [6.45, 7) is 9.55. The van der Waals surface area contributed by atoms with Crippen LogP contribution in [0.3, 0.4) is 0 Å². The van der Waals surface area contributed by atoms with E-state index in [-0.39, 0.29) is 6.54 Å². The summed E-state index contributed by atoms with van der Waals surface area (Å²) in [7, 11) is 0. The number of aliphatic hydroxyl groups is 2. The molecule has 0 heterocycles. The lowest BCUT2D eigenvalue weighted by atomic mass is 10.0. The highest BCUT2D eigenvalue weighted by atomic mass is 32.2. The maximum atomic E-state index is 8.95. The summed E-state index contributed by atoms with van der Waals surface area (Å²) in [6, 6.07) is 18.0. The van der Waals surface area contributed by atoms with Gasteiger partial charge in [-0.15, -0.1) is 11.8 Å². The van der Waals surface area contributed by atoms with Gasteiger partial charge in [-0.05, 0) is 76.1 Å². The zero-order valence-electron chi connectivity index (χ0n) is 21.1. The molecule has 34 heavy (non-hydrogen) atoms. The zero-order chi connectivity index (χ0) is 24.8. The van der Waals surface area contributed by atoms with Gasteiger partial charge in [-0.1, -0.05) is 77.4 Å². The molecule has 2 rings (SSSR count). The van der Waals surface area contributed by atoms with E-state index < -0.39 is 6.29 Å². The van der Waals surface area contributed by atoms with Crippen molar-refractivity contribution in [1.29, 1.82) is 0 Å². The van der Waals surface area contributed by atoms with Gasteiger partial charge in [0.15, 0.2) is 6.29 Å². The van der Waals surface area contributed by atoms with E-state index in [9.17, 15) is 0 Å². The highest BCUT2D eigenvalue weighted by Crippen LogP contribution is 2.31. The second-order valence-corrected chi connectivity index (χ2v) is 10.0. The smallest absolute Gasteiger partial charge is 0.164 e. The summed E-state index contributed by atoms with van der Waals surface area (Å²) < 4.78 is 0. The first-order valence-corrected chi connectivity index (χ1v) is 13.1. The van der Waals surface area contributed by atoms with Crippen LogP contribution in [0.4, 0.5) is 0 Å². The minimum absolute atomic E-state index is 0.162. The second kappa shape index (κ2) is 15.7. The standard InChI is InChI=1S/C30H40NO2S/c1-23(2)9-7-10-24(3)11-8-12-25(4)19-20-34-29-14-6-5-13-28(29)27-17-15-26(16-18-27)21-31-22-30(32)33/h5-6,9,11,13,15-19,30-33H,7-8,10,12,20-22H2,1-4H3/b24-11+,25-19+. The molecule has 2 aromatic rings. The quantitative estimate of drug-likeness (QED) is 0.154. The first kappa shape index (κ1) is 28.1. The fourth-order valence-corrected chi connectivity index (χ4v) is 4.55. The van der Waals surface area contributed by atoms with Gasteiger partial charge in [-0.3, -0.25) is 0 Å². The Labute approximate surface area is 210 Å². The van der Waals surface area contributed by atoms with Crippen LogP contribution in [0.5, 0.6) is 0 Å². The van der Waals surface area contributed by atoms with Gasteiger partial charge in [0.05, 0.1) is 0 Å². The van der Waals surface area contributed by atoms with Gasteiger partial charge < -0.3 is 15.5 Å². The number of hydrogen-bond acceptors (Lipinski definition) is 4. The molecule has 183 valence electrons. The first-order chi connectivity index (χ1) is 16.3. The molecular formula is C30H40NO2S. The van der Waals surface area contributed by atoms with Crippen molar-refractivity contribution in [2.75, 3.05) is 12.3 Å². The molecule has 1 radical (unpaired) electrons. The van der Waals surface area contributed by atoms with E-state index in [1.54, 1.807) is 0 Å². The number of allylic oxidation sites excluding steroid dienone is 5. The van der Waals surface area contributed by atoms with Gasteiger partial charge in [0, 0.05) is 23.7 Å². The van der Waals surface area contributed by atoms with Crippen molar-refractivity contribution in [3.05, 3.63) is 89.0 Å². The van der Waals surface area contributed by atoms with Crippen molar-refractivity contribution >= 4 is 11.8 Å². The van der Waals surface area contributed by atoms with Gasteiger partial charge in [-0.25, -0.2) is 0 Å². The maximum absolute atomic E-state index is 8.95. The SMILES string of the molecule is CC(C)=CCC/C(C)=C/CC/C(C)=C/CSc1[c]cccc1-c1ccc(CNCC(O)O)cc1. The fraction of sp³-hybridized carbons (Fsp3) is 0.400. The predicted molar refractivity (Wildman–Crippen MR) is 147 cm³/mol. The highest BCUT2D eigenvalue weighted by Gasteiger charge is 2.06. The molecule has 0 fully saturated rings. The molecular weight excluding hydrogens is 438 g/mol. The van der Waals surface area contributed by atoms with Crippen LogP contribution >= 0.6 is 11.8 Å². The van der Waals surface area contributed by atoms with Crippen molar-refractivity contribution in [3.8, 4) is 11.1 Å². The third kappa shape index (κ3) is 11.3. The minimum Gasteiger partial charge on any atom is -0.367 e. The van der Waals surface area contributed by atoms with Crippen LogP contribution in [0.2, 0.25) is 0 Å². The van der Waals surface area contributed by atoms with Gasteiger partial charge in [0.25, 0.3) is 0 Å². The number of rotatable bonds is 14. The molecule has 0 atom stereocenters. The zero-order valence-corrected chi connectivity index (χ0v) is 21.9. The van der Waals surface area contributed by atoms with Crippen LogP contribution in [0, 0.1) is 6.07 Å². The second-order valence-electron chi connectivity index (χ2n) is 8.99. The summed E-state index contributed by atoms with van der Waals surface area (Å²) in [5, 5.41) is 20.9. The van der Waals surface area contributed by atoms with E-state index in [0.717, 1.165) is 41.9 Å². The summed E-state index contributed by atoms with van der Waals surface area (Å²) in [5.74, 6) is 0.939. The molecule has 0 aromatic heterocycles. The first-order valence-electron chi connectivity index (χ1n) is 12.1. The molecule has 2 aromatic carbocycles. The Kier molecular flexibility index (Phi) is 13.0. The van der Waals surface area contributed by atoms with E-state index >= 15 is 0 Å². The molecule has 0 bridgehead atoms. The predicted octanol–water partition coefficient (Wildman–Crippen LogP) is 7.07. The largest absolute Gasteiger partial charge is 0.367 e. The van der Waals surface area contributed by atoms with Crippen LogP contribution in [-0.2, 0) is 6.54 Å². The van der Waals surface area contributed by atoms with Crippen molar-refractivity contribution < 1.29 is 10.2 Å². The Morgan fingerprint density at radius 2 is 1.62 bits per heavy atom. The Hall–Kier alpha value is -2.11. The number of nitrogens with one attached hydrogen (secondary N) is 1. The molecule has 4 heteroatoms. The van der Waals surface area contributed by atoms with Crippen LogP contribution < -0.4 is 5.32 Å². The van der Waals surface area contributed by atoms with Gasteiger partial charge in [-0.2, -0.15) is 0 Å². The van der Waals surface area contributed by atoms with E-state index in [1.807, 2.05) is 23.9 Å². The lowest BCUT2D eigenvalue weighted by molar-refractivity contribution is -0.0373. The van der Waals surface area contributed by atoms with Crippen LogP contribution in [0.15, 0.2) is 82.3 Å². The van der Waals surface area contributed by atoms with Crippen LogP contribution in [-0.4, -0.2) is 28.8 Å². The molecule has 3 nitrogen and oxygen atoms in total. The maximum Gasteiger partial charge on any atom is 0.164 e. The molecule has 0 aliphatic heterocycles.